The fourth-order valence-corrected chi connectivity index (χ4v) is 3.09. The minimum atomic E-state index is -1.49. The van der Waals surface area contributed by atoms with Crippen LogP contribution in [0.25, 0.3) is 0 Å². The summed E-state index contributed by atoms with van der Waals surface area (Å²) in [6.45, 7) is 5.28. The van der Waals surface area contributed by atoms with Crippen molar-refractivity contribution in [3.8, 4) is 0 Å². The lowest BCUT2D eigenvalue weighted by Crippen LogP contribution is -2.54. The highest BCUT2D eigenvalue weighted by atomic mass is 16.6. The van der Waals surface area contributed by atoms with Gasteiger partial charge in [-0.1, -0.05) is 19.3 Å². The number of oxime groups is 1. The standard InChI is InChI=1S/C15H25NO5/c1-4-20-12(17)14(3,13(18)21-5-2)15(11-16-19)9-7-6-8-10-15/h11,19H,4-10H2,1-3H3/b16-11+. The first-order valence-corrected chi connectivity index (χ1v) is 7.51. The number of rotatable bonds is 6. The first kappa shape index (κ1) is 17.5. The molecule has 0 unspecified atom stereocenters. The van der Waals surface area contributed by atoms with Crippen LogP contribution in [0.2, 0.25) is 0 Å². The van der Waals surface area contributed by atoms with Crippen LogP contribution in [-0.4, -0.2) is 36.6 Å². The van der Waals surface area contributed by atoms with Crippen molar-refractivity contribution in [1.82, 2.24) is 0 Å². The van der Waals surface area contributed by atoms with Crippen molar-refractivity contribution in [2.45, 2.75) is 52.9 Å². The second-order valence-corrected chi connectivity index (χ2v) is 5.53. The third-order valence-electron chi connectivity index (χ3n) is 4.41. The number of carbonyl (C=O) groups is 2. The summed E-state index contributed by atoms with van der Waals surface area (Å²) in [5, 5.41) is 12.2. The number of ether oxygens (including phenoxy) is 2. The van der Waals surface area contributed by atoms with Crippen LogP contribution in [0.5, 0.6) is 0 Å². The van der Waals surface area contributed by atoms with Crippen molar-refractivity contribution in [1.29, 1.82) is 0 Å². The molecule has 1 aliphatic rings. The van der Waals surface area contributed by atoms with Crippen molar-refractivity contribution in [2.75, 3.05) is 13.2 Å². The van der Waals surface area contributed by atoms with Gasteiger partial charge in [0.05, 0.1) is 19.4 Å². The number of hydrogen-bond donors (Lipinski definition) is 1. The molecule has 0 saturated heterocycles. The molecule has 0 amide bonds. The maximum Gasteiger partial charge on any atom is 0.324 e. The molecular weight excluding hydrogens is 274 g/mol. The fourth-order valence-electron chi connectivity index (χ4n) is 3.09. The van der Waals surface area contributed by atoms with Crippen LogP contribution in [0.15, 0.2) is 5.16 Å². The maximum absolute atomic E-state index is 12.5. The Morgan fingerprint density at radius 2 is 1.62 bits per heavy atom. The fraction of sp³-hybridized carbons (Fsp3) is 0.800. The smallest absolute Gasteiger partial charge is 0.324 e. The number of hydrogen-bond acceptors (Lipinski definition) is 6. The molecular formula is C15H25NO5. The molecule has 1 saturated carbocycles. The Kier molecular flexibility index (Phi) is 6.18. The Hall–Kier alpha value is -1.59. The summed E-state index contributed by atoms with van der Waals surface area (Å²) < 4.78 is 10.2. The van der Waals surface area contributed by atoms with E-state index in [1.54, 1.807) is 13.8 Å². The molecule has 0 aromatic rings. The van der Waals surface area contributed by atoms with E-state index in [9.17, 15) is 9.59 Å². The summed E-state index contributed by atoms with van der Waals surface area (Å²) in [5.41, 5.74) is -2.36. The predicted molar refractivity (Wildman–Crippen MR) is 77.2 cm³/mol. The Morgan fingerprint density at radius 1 is 1.14 bits per heavy atom. The van der Waals surface area contributed by atoms with E-state index in [-0.39, 0.29) is 13.2 Å². The lowest BCUT2D eigenvalue weighted by atomic mass is 9.58. The lowest BCUT2D eigenvalue weighted by molar-refractivity contribution is -0.179. The largest absolute Gasteiger partial charge is 0.465 e. The highest BCUT2D eigenvalue weighted by molar-refractivity contribution is 6.04. The quantitative estimate of drug-likeness (QED) is 0.268. The van der Waals surface area contributed by atoms with E-state index in [0.717, 1.165) is 19.3 Å². The molecule has 1 rings (SSSR count). The zero-order valence-corrected chi connectivity index (χ0v) is 13.1. The highest BCUT2D eigenvalue weighted by Crippen LogP contribution is 2.50. The molecule has 0 heterocycles. The minimum Gasteiger partial charge on any atom is -0.465 e. The maximum atomic E-state index is 12.5. The average Bonchev–Trinajstić information content (AvgIpc) is 2.48. The molecule has 21 heavy (non-hydrogen) atoms. The first-order chi connectivity index (χ1) is 9.98. The monoisotopic (exact) mass is 299 g/mol. The zero-order valence-electron chi connectivity index (χ0n) is 13.1. The Bertz CT molecular complexity index is 381. The van der Waals surface area contributed by atoms with Gasteiger partial charge in [0.1, 0.15) is 0 Å². The molecule has 1 fully saturated rings. The van der Waals surface area contributed by atoms with Gasteiger partial charge in [-0.2, -0.15) is 0 Å². The van der Waals surface area contributed by atoms with Gasteiger partial charge < -0.3 is 14.7 Å². The molecule has 0 aromatic carbocycles. The van der Waals surface area contributed by atoms with Gasteiger partial charge in [-0.3, -0.25) is 9.59 Å². The van der Waals surface area contributed by atoms with E-state index in [1.165, 1.54) is 13.1 Å². The van der Waals surface area contributed by atoms with Crippen LogP contribution in [0.4, 0.5) is 0 Å². The number of carbonyl (C=O) groups excluding carboxylic acids is 2. The van der Waals surface area contributed by atoms with Gasteiger partial charge in [0, 0.05) is 5.41 Å². The lowest BCUT2D eigenvalue weighted by Gasteiger charge is -2.44. The molecule has 120 valence electrons. The summed E-state index contributed by atoms with van der Waals surface area (Å²) in [4.78, 5) is 25.0. The van der Waals surface area contributed by atoms with E-state index >= 15 is 0 Å². The Morgan fingerprint density at radius 3 is 2.00 bits per heavy atom. The topological polar surface area (TPSA) is 85.2 Å². The Balaban J connectivity index is 3.30. The van der Waals surface area contributed by atoms with E-state index in [2.05, 4.69) is 5.16 Å². The van der Waals surface area contributed by atoms with Crippen LogP contribution >= 0.6 is 0 Å². The molecule has 0 aromatic heterocycles. The zero-order chi connectivity index (χ0) is 15.9. The molecule has 0 atom stereocenters. The van der Waals surface area contributed by atoms with E-state index < -0.39 is 22.8 Å². The summed E-state index contributed by atoms with van der Waals surface area (Å²) in [5.74, 6) is -1.24. The highest BCUT2D eigenvalue weighted by Gasteiger charge is 2.60. The second kappa shape index (κ2) is 7.43. The van der Waals surface area contributed by atoms with Gasteiger partial charge in [0.25, 0.3) is 0 Å². The van der Waals surface area contributed by atoms with Crippen LogP contribution in [0, 0.1) is 10.8 Å². The van der Waals surface area contributed by atoms with E-state index in [4.69, 9.17) is 14.7 Å². The SMILES string of the molecule is CCOC(=O)C(C)(C(=O)OCC)C1(/C=N/O)CCCCC1. The Labute approximate surface area is 125 Å². The van der Waals surface area contributed by atoms with Gasteiger partial charge in [-0.25, -0.2) is 0 Å². The van der Waals surface area contributed by atoms with Gasteiger partial charge in [-0.05, 0) is 33.6 Å². The van der Waals surface area contributed by atoms with Crippen LogP contribution in [0.1, 0.15) is 52.9 Å². The van der Waals surface area contributed by atoms with Crippen LogP contribution in [-0.2, 0) is 19.1 Å². The first-order valence-electron chi connectivity index (χ1n) is 7.51. The summed E-state index contributed by atoms with van der Waals surface area (Å²) in [6, 6.07) is 0. The van der Waals surface area contributed by atoms with Gasteiger partial charge in [0.2, 0.25) is 0 Å². The van der Waals surface area contributed by atoms with E-state index in [1.807, 2.05) is 0 Å². The molecule has 1 aliphatic carbocycles. The molecule has 6 heteroatoms. The molecule has 1 N–H and O–H groups in total. The van der Waals surface area contributed by atoms with Gasteiger partial charge >= 0.3 is 11.9 Å². The minimum absolute atomic E-state index is 0.181. The van der Waals surface area contributed by atoms with Crippen molar-refractivity contribution < 1.29 is 24.3 Å². The van der Waals surface area contributed by atoms with Crippen LogP contribution in [0.3, 0.4) is 0 Å². The predicted octanol–water partition coefficient (Wildman–Crippen LogP) is 2.53. The summed E-state index contributed by atoms with van der Waals surface area (Å²) in [7, 11) is 0. The van der Waals surface area contributed by atoms with Gasteiger partial charge in [0.15, 0.2) is 5.41 Å². The number of esters is 2. The molecule has 0 radical (unpaired) electrons. The normalized spacial score (nSPS) is 18.4. The second-order valence-electron chi connectivity index (χ2n) is 5.53. The summed E-state index contributed by atoms with van der Waals surface area (Å²) in [6.07, 6.45) is 5.25. The van der Waals surface area contributed by atoms with Crippen molar-refractivity contribution in [3.05, 3.63) is 0 Å². The number of nitrogens with zero attached hydrogens (tertiary/aromatic N) is 1. The third-order valence-corrected chi connectivity index (χ3v) is 4.41. The summed E-state index contributed by atoms with van der Waals surface area (Å²) >= 11 is 0. The molecule has 0 spiro atoms. The third kappa shape index (κ3) is 3.19. The van der Waals surface area contributed by atoms with Crippen LogP contribution < -0.4 is 0 Å². The molecule has 0 bridgehead atoms. The van der Waals surface area contributed by atoms with Crippen molar-refractivity contribution in [2.24, 2.45) is 16.0 Å². The molecule has 0 aliphatic heterocycles. The van der Waals surface area contributed by atoms with Gasteiger partial charge in [-0.15, -0.1) is 5.16 Å². The average molecular weight is 299 g/mol. The van der Waals surface area contributed by atoms with E-state index in [0.29, 0.717) is 12.8 Å². The van der Waals surface area contributed by atoms with Crippen molar-refractivity contribution in [3.63, 3.8) is 0 Å². The molecule has 6 nitrogen and oxygen atoms in total. The van der Waals surface area contributed by atoms with Crippen molar-refractivity contribution >= 4 is 18.2 Å².